The van der Waals surface area contributed by atoms with Gasteiger partial charge in [-0.15, -0.1) is 0 Å². The number of nitrogens with two attached hydrogens (primary N) is 1. The van der Waals surface area contributed by atoms with Crippen molar-refractivity contribution in [2.24, 2.45) is 0 Å². The molecular formula is C8H7BrN4. The molecule has 0 saturated heterocycles. The molecular weight excluding hydrogens is 232 g/mol. The molecule has 1 heterocycles. The molecule has 0 bridgehead atoms. The van der Waals surface area contributed by atoms with Crippen LogP contribution in [0.4, 0.5) is 5.69 Å². The number of hydrogen-bond donors (Lipinski definition) is 2. The third-order valence-corrected chi connectivity index (χ3v) is 2.07. The number of nitrogens with zero attached hydrogens (tertiary/aromatic N) is 2. The van der Waals surface area contributed by atoms with Crippen LogP contribution in [-0.4, -0.2) is 15.2 Å². The van der Waals surface area contributed by atoms with Crippen LogP contribution in [0.5, 0.6) is 0 Å². The van der Waals surface area contributed by atoms with Gasteiger partial charge >= 0.3 is 0 Å². The summed E-state index contributed by atoms with van der Waals surface area (Å²) in [5, 5.41) is 6.54. The number of anilines is 1. The fraction of sp³-hybridized carbons (Fsp3) is 0. The second-order valence-electron chi connectivity index (χ2n) is 2.61. The van der Waals surface area contributed by atoms with Crippen LogP contribution in [0.25, 0.3) is 11.4 Å². The Bertz CT molecular complexity index is 390. The van der Waals surface area contributed by atoms with Gasteiger partial charge in [0.15, 0.2) is 5.82 Å². The predicted molar refractivity (Wildman–Crippen MR) is 53.9 cm³/mol. The van der Waals surface area contributed by atoms with Gasteiger partial charge in [-0.3, -0.25) is 5.10 Å². The van der Waals surface area contributed by atoms with Crippen LogP contribution in [-0.2, 0) is 0 Å². The summed E-state index contributed by atoms with van der Waals surface area (Å²) in [7, 11) is 0. The molecule has 5 heteroatoms. The minimum Gasteiger partial charge on any atom is -0.399 e. The monoisotopic (exact) mass is 238 g/mol. The van der Waals surface area contributed by atoms with Crippen molar-refractivity contribution in [2.75, 3.05) is 5.73 Å². The molecule has 2 aromatic rings. The number of aromatic amines is 1. The Labute approximate surface area is 83.3 Å². The van der Waals surface area contributed by atoms with Crippen molar-refractivity contribution in [1.29, 1.82) is 0 Å². The summed E-state index contributed by atoms with van der Waals surface area (Å²) in [6.45, 7) is 0. The van der Waals surface area contributed by atoms with E-state index < -0.39 is 0 Å². The second-order valence-corrected chi connectivity index (χ2v) is 3.52. The Balaban J connectivity index is 2.53. The zero-order valence-corrected chi connectivity index (χ0v) is 8.25. The lowest BCUT2D eigenvalue weighted by atomic mass is 10.2. The smallest absolute Gasteiger partial charge is 0.155 e. The van der Waals surface area contributed by atoms with Gasteiger partial charge in [0.25, 0.3) is 0 Å². The van der Waals surface area contributed by atoms with Crippen molar-refractivity contribution in [3.8, 4) is 11.4 Å². The highest BCUT2D eigenvalue weighted by Gasteiger charge is 2.02. The summed E-state index contributed by atoms with van der Waals surface area (Å²) in [4.78, 5) is 4.03. The minimum atomic E-state index is 0.695. The fourth-order valence-corrected chi connectivity index (χ4v) is 1.60. The zero-order valence-electron chi connectivity index (χ0n) is 6.66. The van der Waals surface area contributed by atoms with Gasteiger partial charge in [0.05, 0.1) is 0 Å². The molecule has 0 saturated carbocycles. The molecule has 0 aliphatic carbocycles. The van der Waals surface area contributed by atoms with Gasteiger partial charge < -0.3 is 5.73 Å². The van der Waals surface area contributed by atoms with Gasteiger partial charge in [0, 0.05) is 15.7 Å². The lowest BCUT2D eigenvalue weighted by Gasteiger charge is -1.99. The first-order valence-electron chi connectivity index (χ1n) is 3.67. The van der Waals surface area contributed by atoms with E-state index in [2.05, 4.69) is 31.1 Å². The maximum atomic E-state index is 5.67. The predicted octanol–water partition coefficient (Wildman–Crippen LogP) is 1.82. The topological polar surface area (TPSA) is 67.6 Å². The highest BCUT2D eigenvalue weighted by atomic mass is 79.9. The summed E-state index contributed by atoms with van der Waals surface area (Å²) in [5.74, 6) is 0.716. The molecule has 4 nitrogen and oxygen atoms in total. The largest absolute Gasteiger partial charge is 0.399 e. The number of hydrogen-bond acceptors (Lipinski definition) is 3. The number of nitrogen functional groups attached to an aromatic ring is 1. The summed E-state index contributed by atoms with van der Waals surface area (Å²) in [5.41, 5.74) is 7.29. The van der Waals surface area contributed by atoms with Crippen molar-refractivity contribution >= 4 is 21.6 Å². The van der Waals surface area contributed by atoms with E-state index in [4.69, 9.17) is 5.73 Å². The average molecular weight is 239 g/mol. The van der Waals surface area contributed by atoms with Gasteiger partial charge in [-0.2, -0.15) is 5.10 Å². The van der Waals surface area contributed by atoms with Gasteiger partial charge in [0.2, 0.25) is 0 Å². The molecule has 1 aromatic carbocycles. The Morgan fingerprint density at radius 1 is 1.31 bits per heavy atom. The maximum absolute atomic E-state index is 5.67. The van der Waals surface area contributed by atoms with Crippen LogP contribution < -0.4 is 5.73 Å². The Hall–Kier alpha value is -1.36. The van der Waals surface area contributed by atoms with Gasteiger partial charge in [0.1, 0.15) is 6.33 Å². The van der Waals surface area contributed by atoms with E-state index in [-0.39, 0.29) is 0 Å². The molecule has 0 unspecified atom stereocenters. The van der Waals surface area contributed by atoms with Crippen molar-refractivity contribution in [3.63, 3.8) is 0 Å². The molecule has 0 amide bonds. The van der Waals surface area contributed by atoms with Crippen LogP contribution in [0.3, 0.4) is 0 Å². The van der Waals surface area contributed by atoms with E-state index in [1.807, 2.05) is 18.2 Å². The van der Waals surface area contributed by atoms with E-state index in [1.165, 1.54) is 6.33 Å². The van der Waals surface area contributed by atoms with Crippen LogP contribution in [0, 0.1) is 0 Å². The molecule has 66 valence electrons. The number of benzene rings is 1. The minimum absolute atomic E-state index is 0.695. The lowest BCUT2D eigenvalue weighted by Crippen LogP contribution is -1.87. The summed E-state index contributed by atoms with van der Waals surface area (Å²) >= 11 is 3.36. The van der Waals surface area contributed by atoms with E-state index in [1.54, 1.807) is 0 Å². The molecule has 13 heavy (non-hydrogen) atoms. The van der Waals surface area contributed by atoms with Gasteiger partial charge in [-0.25, -0.2) is 4.98 Å². The number of H-pyrrole nitrogens is 1. The number of halogens is 1. The zero-order chi connectivity index (χ0) is 9.26. The molecule has 0 aliphatic rings. The van der Waals surface area contributed by atoms with Crippen LogP contribution >= 0.6 is 15.9 Å². The van der Waals surface area contributed by atoms with Crippen molar-refractivity contribution in [2.45, 2.75) is 0 Å². The standard InChI is InChI=1S/C8H7BrN4/c9-6-1-5(2-7(10)3-6)8-11-4-12-13-8/h1-4H,10H2,(H,11,12,13). The van der Waals surface area contributed by atoms with E-state index >= 15 is 0 Å². The van der Waals surface area contributed by atoms with Crippen LogP contribution in [0.1, 0.15) is 0 Å². The Kier molecular flexibility index (Phi) is 2.02. The van der Waals surface area contributed by atoms with Crippen LogP contribution in [0.2, 0.25) is 0 Å². The first-order valence-corrected chi connectivity index (χ1v) is 4.47. The molecule has 0 fully saturated rings. The quantitative estimate of drug-likeness (QED) is 0.745. The second kappa shape index (κ2) is 3.18. The highest BCUT2D eigenvalue weighted by Crippen LogP contribution is 2.22. The fourth-order valence-electron chi connectivity index (χ4n) is 1.09. The Morgan fingerprint density at radius 3 is 2.77 bits per heavy atom. The maximum Gasteiger partial charge on any atom is 0.155 e. The summed E-state index contributed by atoms with van der Waals surface area (Å²) in [6, 6.07) is 5.60. The normalized spacial score (nSPS) is 10.2. The van der Waals surface area contributed by atoms with E-state index in [9.17, 15) is 0 Å². The Morgan fingerprint density at radius 2 is 2.15 bits per heavy atom. The van der Waals surface area contributed by atoms with Crippen molar-refractivity contribution < 1.29 is 0 Å². The SMILES string of the molecule is Nc1cc(Br)cc(-c2ncn[nH]2)c1. The molecule has 0 aliphatic heterocycles. The third kappa shape index (κ3) is 1.70. The molecule has 0 radical (unpaired) electrons. The van der Waals surface area contributed by atoms with Crippen LogP contribution in [0.15, 0.2) is 29.0 Å². The molecule has 0 atom stereocenters. The third-order valence-electron chi connectivity index (χ3n) is 1.61. The summed E-state index contributed by atoms with van der Waals surface area (Å²) in [6.07, 6.45) is 1.46. The highest BCUT2D eigenvalue weighted by molar-refractivity contribution is 9.10. The number of nitrogens with one attached hydrogen (secondary N) is 1. The van der Waals surface area contributed by atoms with E-state index in [0.29, 0.717) is 11.5 Å². The first-order chi connectivity index (χ1) is 6.25. The lowest BCUT2D eigenvalue weighted by molar-refractivity contribution is 1.10. The average Bonchev–Trinajstić information content (AvgIpc) is 2.53. The molecule has 0 spiro atoms. The molecule has 3 N–H and O–H groups in total. The van der Waals surface area contributed by atoms with E-state index in [0.717, 1.165) is 10.0 Å². The van der Waals surface area contributed by atoms with Gasteiger partial charge in [-0.05, 0) is 18.2 Å². The first kappa shape index (κ1) is 8.25. The van der Waals surface area contributed by atoms with Gasteiger partial charge in [-0.1, -0.05) is 15.9 Å². The number of aromatic nitrogens is 3. The molecule has 1 aromatic heterocycles. The van der Waals surface area contributed by atoms with Crippen molar-refractivity contribution in [1.82, 2.24) is 15.2 Å². The molecule has 2 rings (SSSR count). The number of rotatable bonds is 1. The summed E-state index contributed by atoms with van der Waals surface area (Å²) < 4.78 is 0.930. The van der Waals surface area contributed by atoms with Crippen molar-refractivity contribution in [3.05, 3.63) is 29.0 Å².